The zero-order valence-corrected chi connectivity index (χ0v) is 44.3. The van der Waals surface area contributed by atoms with Gasteiger partial charge in [-0.1, -0.05) is 39.8 Å². The second-order valence-electron chi connectivity index (χ2n) is 20.2. The van der Waals surface area contributed by atoms with E-state index in [1.165, 1.54) is 39.8 Å². The molecule has 0 spiro atoms. The minimum atomic E-state index is -1.41. The van der Waals surface area contributed by atoms with Crippen LogP contribution in [0.5, 0.6) is 5.75 Å². The van der Waals surface area contributed by atoms with E-state index in [1.54, 1.807) is 41.9 Å². The number of ketones is 1. The van der Waals surface area contributed by atoms with Crippen molar-refractivity contribution in [3.8, 4) is 5.75 Å². The maximum absolute atomic E-state index is 15.2. The summed E-state index contributed by atoms with van der Waals surface area (Å²) in [6.45, 7) is 20.8. The number of benzene rings is 1. The molecular formula is C51H79NO16S. The number of nitrogens with one attached hydrogen (secondary N) is 1. The van der Waals surface area contributed by atoms with Gasteiger partial charge in [0, 0.05) is 63.9 Å². The van der Waals surface area contributed by atoms with Crippen molar-refractivity contribution in [1.82, 2.24) is 5.32 Å². The van der Waals surface area contributed by atoms with Gasteiger partial charge in [-0.2, -0.15) is 0 Å². The zero-order valence-electron chi connectivity index (χ0n) is 43.5. The molecule has 17 nitrogen and oxygen atoms in total. The average molecular weight is 994 g/mol. The summed E-state index contributed by atoms with van der Waals surface area (Å²) >= 11 is 1.38. The number of methoxy groups -OCH3 is 3. The Morgan fingerprint density at radius 2 is 1.42 bits per heavy atom. The molecule has 0 amide bonds. The molecule has 0 aliphatic carbocycles. The average Bonchev–Trinajstić information content (AvgIpc) is 3.57. The van der Waals surface area contributed by atoms with Crippen molar-refractivity contribution in [2.75, 3.05) is 28.4 Å². The molecule has 4 heterocycles. The molecular weight excluding hydrogens is 915 g/mol. The lowest BCUT2D eigenvalue weighted by Crippen LogP contribution is -2.62. The Bertz CT molecular complexity index is 1940. The summed E-state index contributed by atoms with van der Waals surface area (Å²) in [5.41, 5.74) is -2.84. The standard InChI is InChI=1S/C51H79NO16S/c1-17-37-51(12)39(43(47(57)68-51)69-25-34-18-20-35(58-14)21-19-34)28(4)40(55)26(2)23-49(10,59-15)44(67-48-42(63-32(8)53)36(52-13)22-27(3)61-48)29(5)41(30(6)46(56)65-37)66-38-24-50(11,60-16)45(31(7)62-38)64-33(9)54/h18-21,26-31,36-39,41-45,48,52H,17,22-25H2,1-16H3/t26-,27-,28-,29+,30-,31+,36+,37-,38+,39+,41+,42-,43?,44-,45+,48+,49-,50-,51-/m1/s1. The summed E-state index contributed by atoms with van der Waals surface area (Å²) in [5, 5.41) is 2.47. The van der Waals surface area contributed by atoms with Crippen LogP contribution in [0.2, 0.25) is 0 Å². The predicted octanol–water partition coefficient (Wildman–Crippen LogP) is 6.37. The van der Waals surface area contributed by atoms with E-state index in [0.29, 0.717) is 17.9 Å². The van der Waals surface area contributed by atoms with Crippen molar-refractivity contribution >= 4 is 41.4 Å². The fourth-order valence-electron chi connectivity index (χ4n) is 11.3. The lowest BCUT2D eigenvalue weighted by atomic mass is 9.70. The van der Waals surface area contributed by atoms with Crippen molar-refractivity contribution in [2.45, 2.75) is 198 Å². The fourth-order valence-corrected chi connectivity index (χ4v) is 12.8. The second-order valence-corrected chi connectivity index (χ2v) is 21.3. The minimum absolute atomic E-state index is 0.0950. The second kappa shape index (κ2) is 23.5. The Kier molecular flexibility index (Phi) is 19.2. The number of fused-ring (bicyclic) bond motifs is 1. The van der Waals surface area contributed by atoms with Crippen molar-refractivity contribution in [3.05, 3.63) is 29.8 Å². The van der Waals surface area contributed by atoms with Crippen LogP contribution in [0.1, 0.15) is 114 Å². The Hall–Kier alpha value is -3.36. The molecule has 0 bridgehead atoms. The predicted molar refractivity (Wildman–Crippen MR) is 255 cm³/mol. The fraction of sp³-hybridized carbons (Fsp3) is 0.784. The number of carbonyl (C=O) groups is 5. The van der Waals surface area contributed by atoms with Crippen LogP contribution < -0.4 is 10.1 Å². The van der Waals surface area contributed by atoms with Gasteiger partial charge in [0.2, 0.25) is 0 Å². The Morgan fingerprint density at radius 1 is 0.797 bits per heavy atom. The highest BCUT2D eigenvalue weighted by atomic mass is 32.2. The molecule has 4 aliphatic rings. The molecule has 19 atom stereocenters. The molecule has 1 aromatic rings. The Balaban J connectivity index is 1.65. The first kappa shape index (κ1) is 56.6. The monoisotopic (exact) mass is 994 g/mol. The molecule has 0 radical (unpaired) electrons. The molecule has 0 aromatic heterocycles. The van der Waals surface area contributed by atoms with Crippen LogP contribution in [0, 0.1) is 29.6 Å². The van der Waals surface area contributed by atoms with E-state index >= 15 is 9.59 Å². The topological polar surface area (TPSA) is 199 Å². The molecule has 69 heavy (non-hydrogen) atoms. The van der Waals surface area contributed by atoms with Gasteiger partial charge in [0.1, 0.15) is 28.5 Å². The van der Waals surface area contributed by atoms with Crippen LogP contribution >= 0.6 is 11.8 Å². The third-order valence-electron chi connectivity index (χ3n) is 15.1. The van der Waals surface area contributed by atoms with E-state index in [1.807, 2.05) is 65.8 Å². The van der Waals surface area contributed by atoms with Gasteiger partial charge in [0.15, 0.2) is 30.4 Å². The van der Waals surface area contributed by atoms with Gasteiger partial charge in [-0.25, -0.2) is 0 Å². The molecule has 4 saturated heterocycles. The normalized spacial score (nSPS) is 41.2. The van der Waals surface area contributed by atoms with Gasteiger partial charge in [0.05, 0.1) is 49.1 Å². The van der Waals surface area contributed by atoms with Gasteiger partial charge in [-0.15, -0.1) is 11.8 Å². The van der Waals surface area contributed by atoms with Gasteiger partial charge in [-0.3, -0.25) is 24.0 Å². The van der Waals surface area contributed by atoms with Gasteiger partial charge in [0.25, 0.3) is 0 Å². The number of cyclic esters (lactones) is 1. The zero-order chi connectivity index (χ0) is 51.3. The smallest absolute Gasteiger partial charge is 0.320 e. The first-order valence-electron chi connectivity index (χ1n) is 24.4. The first-order chi connectivity index (χ1) is 32.4. The van der Waals surface area contributed by atoms with Crippen LogP contribution in [0.25, 0.3) is 0 Å². The number of ether oxygens (including phenoxy) is 11. The van der Waals surface area contributed by atoms with E-state index in [2.05, 4.69) is 5.32 Å². The highest BCUT2D eigenvalue weighted by molar-refractivity contribution is 7.99. The first-order valence-corrected chi connectivity index (χ1v) is 25.4. The van der Waals surface area contributed by atoms with Crippen molar-refractivity contribution in [3.63, 3.8) is 0 Å². The van der Waals surface area contributed by atoms with Crippen molar-refractivity contribution in [2.24, 2.45) is 29.6 Å². The van der Waals surface area contributed by atoms with Crippen molar-refractivity contribution < 1.29 is 76.1 Å². The maximum atomic E-state index is 15.2. The third kappa shape index (κ3) is 12.5. The highest BCUT2D eigenvalue weighted by Gasteiger charge is 2.62. The summed E-state index contributed by atoms with van der Waals surface area (Å²) < 4.78 is 69.4. The van der Waals surface area contributed by atoms with E-state index in [4.69, 9.17) is 52.1 Å². The molecule has 1 N–H and O–H groups in total. The number of thioether (sulfide) groups is 1. The lowest BCUT2D eigenvalue weighted by Gasteiger charge is -2.50. The SMILES string of the molecule is CC[C@H]1OC(=O)[C@H](C)[C@@H](O[C@H]2C[C@@](C)(OC)[C@@H](OC(C)=O)[C@H](C)O2)[C@H](C)[C@@H](O[C@@H]2O[C@H](C)C[C@H](NC)[C@H]2OC(C)=O)[C@](C)(OC)C[C@@H](C)C(=O)[C@H](C)[C@H]2C(SCc3ccc(OC)cc3)C(=O)O[C@@]21C. The van der Waals surface area contributed by atoms with Crippen LogP contribution in [0.4, 0.5) is 0 Å². The minimum Gasteiger partial charge on any atom is -0.497 e. The van der Waals surface area contributed by atoms with E-state index in [0.717, 1.165) is 5.56 Å². The molecule has 390 valence electrons. The lowest BCUT2D eigenvalue weighted by molar-refractivity contribution is -0.318. The maximum Gasteiger partial charge on any atom is 0.320 e. The molecule has 1 aromatic carbocycles. The Morgan fingerprint density at radius 3 is 1.99 bits per heavy atom. The van der Waals surface area contributed by atoms with Crippen LogP contribution in [-0.2, 0) is 77.1 Å². The number of rotatable bonds is 14. The summed E-state index contributed by atoms with van der Waals surface area (Å²) in [6, 6.07) is 7.21. The number of Topliss-reactive ketones (excluding diaryl/α,β-unsaturated/α-hetero) is 1. The molecule has 18 heteroatoms. The molecule has 5 rings (SSSR count). The van der Waals surface area contributed by atoms with E-state index < -0.39 is 125 Å². The largest absolute Gasteiger partial charge is 0.497 e. The summed E-state index contributed by atoms with van der Waals surface area (Å²) in [7, 11) is 6.42. The quantitative estimate of drug-likeness (QED) is 0.159. The number of hydrogen-bond donors (Lipinski definition) is 1. The van der Waals surface area contributed by atoms with Gasteiger partial charge >= 0.3 is 23.9 Å². The number of carbonyl (C=O) groups excluding carboxylic acids is 5. The molecule has 0 saturated carbocycles. The van der Waals surface area contributed by atoms with Gasteiger partial charge < -0.3 is 57.4 Å². The van der Waals surface area contributed by atoms with Crippen LogP contribution in [-0.4, -0.2) is 141 Å². The number of esters is 4. The van der Waals surface area contributed by atoms with Crippen LogP contribution in [0.15, 0.2) is 24.3 Å². The number of likely N-dealkylation sites (N-methyl/N-ethyl adjacent to an activating group) is 1. The van der Waals surface area contributed by atoms with E-state index in [-0.39, 0.29) is 37.2 Å². The molecule has 4 fully saturated rings. The van der Waals surface area contributed by atoms with Gasteiger partial charge in [-0.05, 0) is 85.5 Å². The summed E-state index contributed by atoms with van der Waals surface area (Å²) in [5.74, 6) is -5.17. The molecule has 4 aliphatic heterocycles. The summed E-state index contributed by atoms with van der Waals surface area (Å²) in [6.07, 6.45) is -6.93. The molecule has 1 unspecified atom stereocenters. The number of hydrogen-bond acceptors (Lipinski definition) is 18. The van der Waals surface area contributed by atoms with Crippen LogP contribution in [0.3, 0.4) is 0 Å². The van der Waals surface area contributed by atoms with E-state index in [9.17, 15) is 14.4 Å². The third-order valence-corrected chi connectivity index (χ3v) is 16.5. The van der Waals surface area contributed by atoms with Crippen molar-refractivity contribution in [1.29, 1.82) is 0 Å². The Labute approximate surface area is 413 Å². The summed E-state index contributed by atoms with van der Waals surface area (Å²) in [4.78, 5) is 69.3. The highest BCUT2D eigenvalue weighted by Crippen LogP contribution is 2.50.